The Kier molecular flexibility index (Phi) is 12.5. The molecular weight excluding hydrogens is 580 g/mol. The number of esters is 2. The molecule has 0 bridgehead atoms. The molecule has 3 atom stereocenters. The quantitative estimate of drug-likeness (QED) is 0.177. The van der Waals surface area contributed by atoms with Crippen molar-refractivity contribution in [3.8, 4) is 0 Å². The minimum absolute atomic E-state index is 0.0491. The number of carbonyl (C=O) groups is 3. The zero-order valence-electron chi connectivity index (χ0n) is 28.4. The predicted octanol–water partition coefficient (Wildman–Crippen LogP) is 7.02. The van der Waals surface area contributed by atoms with Gasteiger partial charge in [-0.2, -0.15) is 0 Å². The molecule has 0 radical (unpaired) electrons. The van der Waals surface area contributed by atoms with Crippen LogP contribution in [0.2, 0.25) is 5.04 Å². The van der Waals surface area contributed by atoms with Crippen molar-refractivity contribution < 1.29 is 28.3 Å². The van der Waals surface area contributed by atoms with Crippen LogP contribution in [0.4, 0.5) is 0 Å². The van der Waals surface area contributed by atoms with Crippen molar-refractivity contribution in [3.63, 3.8) is 0 Å². The number of ether oxygens (including phenoxy) is 2. The Hall–Kier alpha value is -3.55. The maximum atomic E-state index is 14.1. The Bertz CT molecular complexity index is 1380. The van der Waals surface area contributed by atoms with Gasteiger partial charge in [0.2, 0.25) is 0 Å². The third-order valence-electron chi connectivity index (χ3n) is 8.39. The number of cyclic esters (lactones) is 1. The maximum Gasteiger partial charge on any atom is 0.334 e. The molecule has 0 fully saturated rings. The van der Waals surface area contributed by atoms with E-state index in [1.54, 1.807) is 13.0 Å². The second-order valence-corrected chi connectivity index (χ2v) is 17.6. The number of ketones is 1. The summed E-state index contributed by atoms with van der Waals surface area (Å²) < 4.78 is 19.5. The smallest absolute Gasteiger partial charge is 0.334 e. The van der Waals surface area contributed by atoms with Gasteiger partial charge in [0.25, 0.3) is 8.32 Å². The molecule has 1 aliphatic rings. The van der Waals surface area contributed by atoms with Crippen molar-refractivity contribution in [2.45, 2.75) is 105 Å². The zero-order valence-corrected chi connectivity index (χ0v) is 29.4. The first kappa shape index (κ1) is 35.9. The monoisotopic (exact) mass is 630 g/mol. The molecule has 0 aliphatic carbocycles. The molecule has 1 aliphatic heterocycles. The van der Waals surface area contributed by atoms with Crippen LogP contribution in [0.25, 0.3) is 0 Å². The van der Waals surface area contributed by atoms with E-state index >= 15 is 0 Å². The van der Waals surface area contributed by atoms with Gasteiger partial charge in [0.15, 0.2) is 11.9 Å². The van der Waals surface area contributed by atoms with Gasteiger partial charge in [-0.1, -0.05) is 114 Å². The molecule has 7 heteroatoms. The van der Waals surface area contributed by atoms with Crippen LogP contribution >= 0.6 is 0 Å². The highest BCUT2D eigenvalue weighted by molar-refractivity contribution is 6.99. The number of Topliss-reactive ketones (excluding diaryl/α,β-unsaturated/α-hetero) is 1. The van der Waals surface area contributed by atoms with Crippen LogP contribution < -0.4 is 10.4 Å². The molecule has 0 saturated carbocycles. The molecule has 0 amide bonds. The van der Waals surface area contributed by atoms with Crippen molar-refractivity contribution in [2.24, 2.45) is 5.92 Å². The standard InChI is InChI=1S/C38H50O6Si/c1-10-27(4)33-24-22-28(5)35(36(43-34(40)25-26(2)3)32(39)23-21-29(6)37(41)42-33)44-45(38(7,8)9,30-17-13-11-14-18-30)31-19-15-12-16-20-31/h10-22,26,33,35-36H,23-25H2,1-9H3/b27-10-,28-22+,29-21-/t33-,35-,36-/m1/s1. The van der Waals surface area contributed by atoms with Gasteiger partial charge in [0, 0.05) is 24.8 Å². The summed E-state index contributed by atoms with van der Waals surface area (Å²) in [6.45, 7) is 17.8. The highest BCUT2D eigenvalue weighted by atomic mass is 28.4. The summed E-state index contributed by atoms with van der Waals surface area (Å²) in [6, 6.07) is 20.4. The van der Waals surface area contributed by atoms with E-state index in [4.69, 9.17) is 13.9 Å². The Morgan fingerprint density at radius 3 is 2.00 bits per heavy atom. The Morgan fingerprint density at radius 1 is 0.956 bits per heavy atom. The fourth-order valence-corrected chi connectivity index (χ4v) is 10.4. The minimum Gasteiger partial charge on any atom is -0.454 e. The lowest BCUT2D eigenvalue weighted by atomic mass is 9.97. The highest BCUT2D eigenvalue weighted by Crippen LogP contribution is 2.39. The van der Waals surface area contributed by atoms with Crippen LogP contribution in [0.15, 0.2) is 95.6 Å². The van der Waals surface area contributed by atoms with E-state index in [1.807, 2.05) is 83.2 Å². The molecule has 242 valence electrons. The van der Waals surface area contributed by atoms with Gasteiger partial charge in [-0.15, -0.1) is 0 Å². The number of hydrogen-bond donors (Lipinski definition) is 0. The fraction of sp³-hybridized carbons (Fsp3) is 0.447. The Morgan fingerprint density at radius 2 is 1.51 bits per heavy atom. The van der Waals surface area contributed by atoms with Gasteiger partial charge in [-0.3, -0.25) is 9.59 Å². The average Bonchev–Trinajstić information content (AvgIpc) is 3.00. The lowest BCUT2D eigenvalue weighted by molar-refractivity contribution is -0.160. The molecule has 1 heterocycles. The molecular formula is C38H50O6Si. The third-order valence-corrected chi connectivity index (χ3v) is 13.4. The van der Waals surface area contributed by atoms with Crippen LogP contribution in [-0.2, 0) is 28.3 Å². The summed E-state index contributed by atoms with van der Waals surface area (Å²) in [5.74, 6) is -1.22. The van der Waals surface area contributed by atoms with Crippen molar-refractivity contribution in [1.29, 1.82) is 0 Å². The lowest BCUT2D eigenvalue weighted by Gasteiger charge is -2.46. The van der Waals surface area contributed by atoms with E-state index in [1.165, 1.54) is 0 Å². The van der Waals surface area contributed by atoms with Gasteiger partial charge in [-0.25, -0.2) is 4.79 Å². The second kappa shape index (κ2) is 15.6. The maximum absolute atomic E-state index is 14.1. The molecule has 45 heavy (non-hydrogen) atoms. The molecule has 6 nitrogen and oxygen atoms in total. The van der Waals surface area contributed by atoms with Crippen molar-refractivity contribution in [2.75, 3.05) is 0 Å². The van der Waals surface area contributed by atoms with Crippen LogP contribution in [0.1, 0.15) is 81.6 Å². The SMILES string of the molecule is C/C=C(/C)[C@H]1C/C=C(\C)[C@@H](O[Si](c2ccccc2)(c2ccccc2)C(C)(C)C)[C@H](OC(=O)CC(C)C)C(=O)C/C=C(/C)C(=O)O1. The van der Waals surface area contributed by atoms with Gasteiger partial charge in [-0.05, 0) is 60.2 Å². The number of rotatable bonds is 8. The predicted molar refractivity (Wildman–Crippen MR) is 183 cm³/mol. The molecule has 0 unspecified atom stereocenters. The minimum atomic E-state index is -3.19. The molecule has 0 saturated heterocycles. The Balaban J connectivity index is 2.33. The first-order valence-corrected chi connectivity index (χ1v) is 17.8. The van der Waals surface area contributed by atoms with Gasteiger partial charge < -0.3 is 13.9 Å². The van der Waals surface area contributed by atoms with Crippen molar-refractivity contribution in [3.05, 3.63) is 95.6 Å². The highest BCUT2D eigenvalue weighted by Gasteiger charge is 2.53. The number of hydrogen-bond acceptors (Lipinski definition) is 6. The van der Waals surface area contributed by atoms with E-state index < -0.39 is 38.6 Å². The van der Waals surface area contributed by atoms with Crippen LogP contribution in [0.3, 0.4) is 0 Å². The summed E-state index contributed by atoms with van der Waals surface area (Å²) in [5.41, 5.74) is 1.98. The molecule has 0 aromatic heterocycles. The van der Waals surface area contributed by atoms with Gasteiger partial charge in [0.05, 0.1) is 0 Å². The van der Waals surface area contributed by atoms with Crippen LogP contribution in [0, 0.1) is 5.92 Å². The summed E-state index contributed by atoms with van der Waals surface area (Å²) >= 11 is 0. The molecule has 2 aromatic carbocycles. The summed E-state index contributed by atoms with van der Waals surface area (Å²) in [4.78, 5) is 40.3. The number of allylic oxidation sites excluding steroid dienone is 2. The van der Waals surface area contributed by atoms with Crippen molar-refractivity contribution >= 4 is 36.4 Å². The molecule has 0 N–H and O–H groups in total. The fourth-order valence-electron chi connectivity index (χ4n) is 5.69. The molecule has 3 rings (SSSR count). The zero-order chi connectivity index (χ0) is 33.4. The molecule has 2 aromatic rings. The van der Waals surface area contributed by atoms with Gasteiger partial charge in [0.1, 0.15) is 12.2 Å². The first-order chi connectivity index (χ1) is 21.2. The lowest BCUT2D eigenvalue weighted by Crippen LogP contribution is -2.69. The van der Waals surface area contributed by atoms with Crippen LogP contribution in [0.5, 0.6) is 0 Å². The van der Waals surface area contributed by atoms with E-state index in [9.17, 15) is 14.4 Å². The first-order valence-electron chi connectivity index (χ1n) is 15.9. The Labute approximate surface area is 270 Å². The van der Waals surface area contributed by atoms with Crippen molar-refractivity contribution in [1.82, 2.24) is 0 Å². The number of benzene rings is 2. The summed E-state index contributed by atoms with van der Waals surface area (Å²) in [6.07, 6.45) is 3.31. The number of carbonyl (C=O) groups excluding carboxylic acids is 3. The molecule has 0 spiro atoms. The second-order valence-electron chi connectivity index (χ2n) is 13.4. The normalized spacial score (nSPS) is 23.2. The largest absolute Gasteiger partial charge is 0.454 e. The summed E-state index contributed by atoms with van der Waals surface area (Å²) in [7, 11) is -3.19. The average molecular weight is 631 g/mol. The van der Waals surface area contributed by atoms with E-state index in [2.05, 4.69) is 45.0 Å². The topological polar surface area (TPSA) is 78.9 Å². The van der Waals surface area contributed by atoms with Crippen LogP contribution in [-0.4, -0.2) is 44.4 Å². The van der Waals surface area contributed by atoms with E-state index in [0.717, 1.165) is 21.5 Å². The third kappa shape index (κ3) is 8.80. The summed E-state index contributed by atoms with van der Waals surface area (Å²) in [5, 5.41) is 1.72. The van der Waals surface area contributed by atoms with E-state index in [0.29, 0.717) is 12.0 Å². The van der Waals surface area contributed by atoms with Gasteiger partial charge >= 0.3 is 11.9 Å². The van der Waals surface area contributed by atoms with E-state index in [-0.39, 0.29) is 29.6 Å².